The summed E-state index contributed by atoms with van der Waals surface area (Å²) < 4.78 is 2.19. The predicted octanol–water partition coefficient (Wildman–Crippen LogP) is 4.95. The highest BCUT2D eigenvalue weighted by molar-refractivity contribution is 9.10. The molecule has 0 aliphatic heterocycles. The van der Waals surface area contributed by atoms with Gasteiger partial charge >= 0.3 is 0 Å². The molecular weight excluding hydrogens is 338 g/mol. The van der Waals surface area contributed by atoms with Gasteiger partial charge in [0.15, 0.2) is 0 Å². The number of hydrogen-bond acceptors (Lipinski definition) is 1. The molecule has 0 bridgehead atoms. The van der Waals surface area contributed by atoms with Gasteiger partial charge in [0.1, 0.15) is 0 Å². The topological polar surface area (TPSA) is 24.1 Å². The Balaban J connectivity index is 2.17. The van der Waals surface area contributed by atoms with Crippen LogP contribution in [0.25, 0.3) is 32.7 Å². The van der Waals surface area contributed by atoms with Crippen LogP contribution in [0.1, 0.15) is 0 Å². The van der Waals surface area contributed by atoms with Crippen molar-refractivity contribution in [3.05, 3.63) is 77.5 Å². The number of aromatic nitrogens is 1. The van der Waals surface area contributed by atoms with Crippen molar-refractivity contribution in [3.63, 3.8) is 0 Å². The van der Waals surface area contributed by atoms with Crippen LogP contribution >= 0.6 is 15.9 Å². The molecule has 1 heterocycles. The first-order valence-electron chi connectivity index (χ1n) is 7.05. The van der Waals surface area contributed by atoms with Crippen molar-refractivity contribution in [1.82, 2.24) is 0 Å². The van der Waals surface area contributed by atoms with Gasteiger partial charge in [-0.05, 0) is 23.1 Å². The lowest BCUT2D eigenvalue weighted by molar-refractivity contribution is -0.903. The van der Waals surface area contributed by atoms with Crippen LogP contribution in [-0.2, 0) is 0 Å². The van der Waals surface area contributed by atoms with Crippen molar-refractivity contribution in [2.24, 2.45) is 0 Å². The lowest BCUT2D eigenvalue weighted by Crippen LogP contribution is -2.28. The molecular formula is C19H13BrNO+. The van der Waals surface area contributed by atoms with Gasteiger partial charge in [0.2, 0.25) is 12.4 Å². The highest BCUT2D eigenvalue weighted by Crippen LogP contribution is 2.36. The number of pyridine rings is 1. The van der Waals surface area contributed by atoms with E-state index in [1.807, 2.05) is 36.4 Å². The fourth-order valence-corrected chi connectivity index (χ4v) is 3.57. The number of halogens is 1. The molecule has 106 valence electrons. The SMILES string of the molecule is O[n+]1cc(-c2cccc3cccc(Br)c23)c2ccccc2c1. The molecule has 0 saturated heterocycles. The largest absolute Gasteiger partial charge is 0.285 e. The van der Waals surface area contributed by atoms with Gasteiger partial charge in [-0.3, -0.25) is 5.21 Å². The number of hydrogen-bond donors (Lipinski definition) is 1. The smallest absolute Gasteiger partial charge is 0.230 e. The lowest BCUT2D eigenvalue weighted by atomic mass is 9.96. The van der Waals surface area contributed by atoms with Crippen LogP contribution in [0.3, 0.4) is 0 Å². The maximum Gasteiger partial charge on any atom is 0.230 e. The van der Waals surface area contributed by atoms with Crippen molar-refractivity contribution < 1.29 is 9.94 Å². The molecule has 4 aromatic rings. The number of fused-ring (bicyclic) bond motifs is 2. The molecule has 0 radical (unpaired) electrons. The summed E-state index contributed by atoms with van der Waals surface area (Å²) in [6.07, 6.45) is 3.48. The Kier molecular flexibility index (Phi) is 3.09. The normalized spacial score (nSPS) is 11.1. The van der Waals surface area contributed by atoms with Crippen LogP contribution in [0.4, 0.5) is 0 Å². The second-order valence-corrected chi connectivity index (χ2v) is 6.14. The average Bonchev–Trinajstić information content (AvgIpc) is 2.54. The zero-order chi connectivity index (χ0) is 15.1. The highest BCUT2D eigenvalue weighted by Gasteiger charge is 2.14. The summed E-state index contributed by atoms with van der Waals surface area (Å²) in [5.41, 5.74) is 2.11. The van der Waals surface area contributed by atoms with Gasteiger partial charge in [-0.25, -0.2) is 0 Å². The summed E-state index contributed by atoms with van der Waals surface area (Å²) in [6.45, 7) is 0. The van der Waals surface area contributed by atoms with Gasteiger partial charge in [0.25, 0.3) is 0 Å². The monoisotopic (exact) mass is 350 g/mol. The minimum absolute atomic E-state index is 1.01. The summed E-state index contributed by atoms with van der Waals surface area (Å²) in [7, 11) is 0. The Bertz CT molecular complexity index is 1000. The summed E-state index contributed by atoms with van der Waals surface area (Å²) in [4.78, 5) is 0. The fraction of sp³-hybridized carbons (Fsp3) is 0. The van der Waals surface area contributed by atoms with Crippen LogP contribution in [-0.4, -0.2) is 5.21 Å². The maximum absolute atomic E-state index is 10.0. The van der Waals surface area contributed by atoms with Gasteiger partial charge in [0.05, 0.1) is 10.9 Å². The fourth-order valence-electron chi connectivity index (χ4n) is 2.97. The summed E-state index contributed by atoms with van der Waals surface area (Å²) in [5.74, 6) is 0. The van der Waals surface area contributed by atoms with Crippen LogP contribution < -0.4 is 4.73 Å². The van der Waals surface area contributed by atoms with E-state index < -0.39 is 0 Å². The molecule has 3 heteroatoms. The van der Waals surface area contributed by atoms with E-state index in [0.717, 1.165) is 36.5 Å². The molecule has 0 unspecified atom stereocenters. The number of rotatable bonds is 1. The number of benzene rings is 3. The van der Waals surface area contributed by atoms with Crippen molar-refractivity contribution in [2.45, 2.75) is 0 Å². The predicted molar refractivity (Wildman–Crippen MR) is 92.0 cm³/mol. The Labute approximate surface area is 136 Å². The third-order valence-electron chi connectivity index (χ3n) is 3.93. The van der Waals surface area contributed by atoms with Crippen LogP contribution in [0.15, 0.2) is 77.5 Å². The van der Waals surface area contributed by atoms with E-state index in [0.29, 0.717) is 0 Å². The zero-order valence-corrected chi connectivity index (χ0v) is 13.3. The summed E-state index contributed by atoms with van der Waals surface area (Å²) in [5, 5.41) is 14.5. The first-order valence-corrected chi connectivity index (χ1v) is 7.84. The van der Waals surface area contributed by atoms with Crippen molar-refractivity contribution in [3.8, 4) is 11.1 Å². The van der Waals surface area contributed by atoms with Crippen LogP contribution in [0.5, 0.6) is 0 Å². The second-order valence-electron chi connectivity index (χ2n) is 5.28. The first kappa shape index (κ1) is 13.3. The van der Waals surface area contributed by atoms with Gasteiger partial charge < -0.3 is 0 Å². The summed E-state index contributed by atoms with van der Waals surface area (Å²) in [6, 6.07) is 20.5. The third kappa shape index (κ3) is 2.06. The van der Waals surface area contributed by atoms with Gasteiger partial charge in [-0.2, -0.15) is 0 Å². The quantitative estimate of drug-likeness (QED) is 0.381. The van der Waals surface area contributed by atoms with E-state index in [2.05, 4.69) is 40.2 Å². The Hall–Kier alpha value is -2.39. The lowest BCUT2D eigenvalue weighted by Gasteiger charge is -2.09. The second kappa shape index (κ2) is 5.11. The van der Waals surface area contributed by atoms with Crippen LogP contribution in [0.2, 0.25) is 0 Å². The molecule has 0 spiro atoms. The van der Waals surface area contributed by atoms with Crippen molar-refractivity contribution in [2.75, 3.05) is 0 Å². The molecule has 4 rings (SSSR count). The zero-order valence-electron chi connectivity index (χ0n) is 11.7. The molecule has 2 nitrogen and oxygen atoms in total. The van der Waals surface area contributed by atoms with E-state index >= 15 is 0 Å². The summed E-state index contributed by atoms with van der Waals surface area (Å²) >= 11 is 3.66. The molecule has 0 amide bonds. The number of nitrogens with zero attached hydrogens (tertiary/aromatic N) is 1. The molecule has 0 fully saturated rings. The van der Waals surface area contributed by atoms with Crippen molar-refractivity contribution >= 4 is 37.5 Å². The first-order chi connectivity index (χ1) is 10.7. The molecule has 1 aromatic heterocycles. The minimum atomic E-state index is 1.01. The van der Waals surface area contributed by atoms with Gasteiger partial charge in [-0.15, -0.1) is 0 Å². The van der Waals surface area contributed by atoms with E-state index in [1.165, 1.54) is 5.39 Å². The third-order valence-corrected chi connectivity index (χ3v) is 4.59. The van der Waals surface area contributed by atoms with E-state index in [1.54, 1.807) is 12.4 Å². The molecule has 22 heavy (non-hydrogen) atoms. The Morgan fingerprint density at radius 2 is 1.45 bits per heavy atom. The van der Waals surface area contributed by atoms with E-state index in [4.69, 9.17) is 0 Å². The molecule has 3 aromatic carbocycles. The van der Waals surface area contributed by atoms with Crippen LogP contribution in [0, 0.1) is 0 Å². The Morgan fingerprint density at radius 1 is 0.727 bits per heavy atom. The Morgan fingerprint density at radius 3 is 2.32 bits per heavy atom. The standard InChI is InChI=1S/C19H13BrNO/c20-18-10-4-7-13-6-3-9-16(19(13)18)17-12-21(22)11-14-5-1-2-8-15(14)17/h1-12,22H/q+1. The molecule has 0 atom stereocenters. The van der Waals surface area contributed by atoms with Gasteiger partial charge in [0, 0.05) is 20.0 Å². The average molecular weight is 351 g/mol. The van der Waals surface area contributed by atoms with Crippen molar-refractivity contribution in [1.29, 1.82) is 0 Å². The molecule has 0 saturated carbocycles. The maximum atomic E-state index is 10.0. The van der Waals surface area contributed by atoms with E-state index in [-0.39, 0.29) is 0 Å². The van der Waals surface area contributed by atoms with E-state index in [9.17, 15) is 5.21 Å². The highest BCUT2D eigenvalue weighted by atomic mass is 79.9. The molecule has 0 aliphatic rings. The molecule has 0 aliphatic carbocycles. The molecule has 1 N–H and O–H groups in total. The van der Waals surface area contributed by atoms with Gasteiger partial charge in [-0.1, -0.05) is 64.5 Å². The minimum Gasteiger partial charge on any atom is -0.285 e.